The Morgan fingerprint density at radius 1 is 1.27 bits per heavy atom. The Labute approximate surface area is 66.2 Å². The highest BCUT2D eigenvalue weighted by molar-refractivity contribution is 4.90. The minimum absolute atomic E-state index is 0.111. The van der Waals surface area contributed by atoms with Crippen molar-refractivity contribution < 1.29 is 9.57 Å². The summed E-state index contributed by atoms with van der Waals surface area (Å²) in [4.78, 5) is 5.62. The van der Waals surface area contributed by atoms with E-state index < -0.39 is 0 Å². The Bertz CT molecular complexity index is 155. The lowest BCUT2D eigenvalue weighted by molar-refractivity contribution is -0.224. The van der Waals surface area contributed by atoms with Crippen LogP contribution in [0, 0.1) is 5.92 Å². The molecule has 3 saturated heterocycles. The Kier molecular flexibility index (Phi) is 1.27. The van der Waals surface area contributed by atoms with Crippen LogP contribution in [-0.2, 0) is 9.57 Å². The fraction of sp³-hybridized carbons (Fsp3) is 1.00. The molecule has 3 heteroatoms. The molecule has 0 spiro atoms. The molecule has 3 heterocycles. The highest BCUT2D eigenvalue weighted by atomic mass is 16.8. The minimum atomic E-state index is 0.111. The van der Waals surface area contributed by atoms with Crippen molar-refractivity contribution in [3.63, 3.8) is 0 Å². The van der Waals surface area contributed by atoms with Gasteiger partial charge in [-0.1, -0.05) is 0 Å². The second-order valence-corrected chi connectivity index (χ2v) is 3.65. The highest BCUT2D eigenvalue weighted by Gasteiger charge is 2.48. The van der Waals surface area contributed by atoms with Crippen LogP contribution in [0.15, 0.2) is 0 Å². The monoisotopic (exact) mass is 155 g/mol. The van der Waals surface area contributed by atoms with Crippen LogP contribution in [0.25, 0.3) is 0 Å². The van der Waals surface area contributed by atoms with Gasteiger partial charge in [-0.05, 0) is 19.3 Å². The van der Waals surface area contributed by atoms with E-state index in [0.29, 0.717) is 12.0 Å². The maximum atomic E-state index is 5.62. The number of fused-ring (bicyclic) bond motifs is 3. The molecule has 3 aliphatic heterocycles. The number of rotatable bonds is 0. The third kappa shape index (κ3) is 0.789. The van der Waals surface area contributed by atoms with Crippen molar-refractivity contribution in [1.29, 1.82) is 0 Å². The van der Waals surface area contributed by atoms with E-state index >= 15 is 0 Å². The molecule has 3 atom stereocenters. The van der Waals surface area contributed by atoms with E-state index in [4.69, 9.17) is 9.57 Å². The van der Waals surface area contributed by atoms with Crippen LogP contribution in [0.5, 0.6) is 0 Å². The third-order valence-corrected chi connectivity index (χ3v) is 3.06. The van der Waals surface area contributed by atoms with Crippen LogP contribution in [0.1, 0.15) is 19.3 Å². The first kappa shape index (κ1) is 6.40. The van der Waals surface area contributed by atoms with Gasteiger partial charge in [0, 0.05) is 18.5 Å². The predicted molar refractivity (Wildman–Crippen MR) is 38.7 cm³/mol. The average molecular weight is 155 g/mol. The molecule has 0 aromatic carbocycles. The van der Waals surface area contributed by atoms with Gasteiger partial charge in [-0.25, -0.2) is 0 Å². The number of ether oxygens (including phenoxy) is 1. The smallest absolute Gasteiger partial charge is 0.181 e. The van der Waals surface area contributed by atoms with E-state index in [-0.39, 0.29) is 6.29 Å². The Morgan fingerprint density at radius 3 is 3.27 bits per heavy atom. The molecule has 11 heavy (non-hydrogen) atoms. The lowest BCUT2D eigenvalue weighted by Crippen LogP contribution is -2.25. The van der Waals surface area contributed by atoms with E-state index in [1.54, 1.807) is 0 Å². The Hall–Kier alpha value is -0.120. The number of hydrogen-bond acceptors (Lipinski definition) is 3. The van der Waals surface area contributed by atoms with Gasteiger partial charge < -0.3 is 4.74 Å². The molecule has 0 aliphatic carbocycles. The largest absolute Gasteiger partial charge is 0.350 e. The van der Waals surface area contributed by atoms with Gasteiger partial charge in [0.1, 0.15) is 0 Å². The molecule has 0 bridgehead atoms. The lowest BCUT2D eigenvalue weighted by atomic mass is 9.97. The summed E-state index contributed by atoms with van der Waals surface area (Å²) in [7, 11) is 0. The number of nitrogens with zero attached hydrogens (tertiary/aromatic N) is 1. The van der Waals surface area contributed by atoms with Crippen LogP contribution in [-0.4, -0.2) is 30.5 Å². The van der Waals surface area contributed by atoms with Crippen LogP contribution in [0.2, 0.25) is 0 Å². The maximum Gasteiger partial charge on any atom is 0.181 e. The van der Waals surface area contributed by atoms with Crippen molar-refractivity contribution >= 4 is 0 Å². The summed E-state index contributed by atoms with van der Waals surface area (Å²) in [5, 5.41) is 2.13. The fourth-order valence-electron chi connectivity index (χ4n) is 2.52. The van der Waals surface area contributed by atoms with Gasteiger partial charge in [0.25, 0.3) is 0 Å². The quantitative estimate of drug-likeness (QED) is 0.515. The topological polar surface area (TPSA) is 21.7 Å². The lowest BCUT2D eigenvalue weighted by Gasteiger charge is -2.14. The van der Waals surface area contributed by atoms with Gasteiger partial charge >= 0.3 is 0 Å². The van der Waals surface area contributed by atoms with Crippen molar-refractivity contribution in [2.75, 3.05) is 13.2 Å². The first-order valence-electron chi connectivity index (χ1n) is 4.50. The third-order valence-electron chi connectivity index (χ3n) is 3.06. The van der Waals surface area contributed by atoms with Crippen molar-refractivity contribution in [1.82, 2.24) is 5.06 Å². The highest BCUT2D eigenvalue weighted by Crippen LogP contribution is 2.40. The van der Waals surface area contributed by atoms with E-state index in [1.807, 2.05) is 0 Å². The standard InChI is InChI=1S/C8H13NO2/c1-2-7-6-3-5-10-8(6)11-9(7)4-1/h6-8H,1-5H2/t6-,7-,8+/m0/s1. The Balaban J connectivity index is 1.84. The molecule has 0 radical (unpaired) electrons. The molecule has 3 aliphatic rings. The second-order valence-electron chi connectivity index (χ2n) is 3.65. The summed E-state index contributed by atoms with van der Waals surface area (Å²) in [5.74, 6) is 0.678. The van der Waals surface area contributed by atoms with Crippen molar-refractivity contribution in [3.8, 4) is 0 Å². The minimum Gasteiger partial charge on any atom is -0.350 e. The molecule has 3 fully saturated rings. The normalized spacial score (nSPS) is 49.6. The fourth-order valence-corrected chi connectivity index (χ4v) is 2.52. The molecule has 0 aromatic heterocycles. The summed E-state index contributed by atoms with van der Waals surface area (Å²) in [5.41, 5.74) is 0. The van der Waals surface area contributed by atoms with Gasteiger partial charge in [0.05, 0.1) is 6.61 Å². The van der Waals surface area contributed by atoms with Gasteiger partial charge in [0.15, 0.2) is 6.29 Å². The molecule has 0 aromatic rings. The van der Waals surface area contributed by atoms with Crippen molar-refractivity contribution in [2.24, 2.45) is 5.92 Å². The number of hydroxylamine groups is 2. The van der Waals surface area contributed by atoms with Crippen molar-refractivity contribution in [2.45, 2.75) is 31.6 Å². The van der Waals surface area contributed by atoms with Crippen molar-refractivity contribution in [3.05, 3.63) is 0 Å². The summed E-state index contributed by atoms with van der Waals surface area (Å²) in [6.45, 7) is 2.01. The molecule has 3 rings (SSSR count). The van der Waals surface area contributed by atoms with Crippen LogP contribution < -0.4 is 0 Å². The molecule has 0 saturated carbocycles. The average Bonchev–Trinajstić information content (AvgIpc) is 2.52. The molecule has 62 valence electrons. The van der Waals surface area contributed by atoms with Crippen LogP contribution in [0.4, 0.5) is 0 Å². The number of hydrogen-bond donors (Lipinski definition) is 0. The van der Waals surface area contributed by atoms with Crippen LogP contribution >= 0.6 is 0 Å². The zero-order valence-electron chi connectivity index (χ0n) is 6.53. The second kappa shape index (κ2) is 2.19. The van der Waals surface area contributed by atoms with E-state index in [9.17, 15) is 0 Å². The zero-order valence-corrected chi connectivity index (χ0v) is 6.53. The van der Waals surface area contributed by atoms with E-state index in [2.05, 4.69) is 5.06 Å². The summed E-state index contributed by atoms with van der Waals surface area (Å²) in [6, 6.07) is 0.683. The Morgan fingerprint density at radius 2 is 2.27 bits per heavy atom. The summed E-state index contributed by atoms with van der Waals surface area (Å²) >= 11 is 0. The molecular weight excluding hydrogens is 142 g/mol. The summed E-state index contributed by atoms with van der Waals surface area (Å²) in [6.07, 6.45) is 3.92. The first-order valence-corrected chi connectivity index (χ1v) is 4.50. The zero-order chi connectivity index (χ0) is 7.26. The molecule has 0 amide bonds. The summed E-state index contributed by atoms with van der Waals surface area (Å²) < 4.78 is 5.45. The van der Waals surface area contributed by atoms with Crippen LogP contribution in [0.3, 0.4) is 0 Å². The van der Waals surface area contributed by atoms with Gasteiger partial charge in [-0.2, -0.15) is 5.06 Å². The van der Waals surface area contributed by atoms with E-state index in [0.717, 1.165) is 13.2 Å². The first-order chi connectivity index (χ1) is 5.45. The molecule has 0 unspecified atom stereocenters. The predicted octanol–water partition coefficient (Wildman–Crippen LogP) is 0.759. The molecule has 3 nitrogen and oxygen atoms in total. The SMILES string of the molecule is C1C[C@H]2[C@@H]3CCO[C@@H]3ON2C1. The van der Waals surface area contributed by atoms with Gasteiger partial charge in [0.2, 0.25) is 0 Å². The maximum absolute atomic E-state index is 5.62. The molecule has 0 N–H and O–H groups in total. The van der Waals surface area contributed by atoms with E-state index in [1.165, 1.54) is 19.3 Å². The molecular formula is C8H13NO2. The van der Waals surface area contributed by atoms with Gasteiger partial charge in [-0.3, -0.25) is 4.84 Å². The van der Waals surface area contributed by atoms with Gasteiger partial charge in [-0.15, -0.1) is 0 Å².